The Morgan fingerprint density at radius 3 is 2.62 bits per heavy atom. The van der Waals surface area contributed by atoms with Crippen molar-refractivity contribution in [3.05, 3.63) is 110 Å². The number of aryl methyl sites for hydroxylation is 1. The number of carbonyl (C=O) groups excluding carboxylic acids is 2. The van der Waals surface area contributed by atoms with Gasteiger partial charge in [0.05, 0.1) is 16.6 Å². The van der Waals surface area contributed by atoms with Crippen molar-refractivity contribution in [2.24, 2.45) is 0 Å². The van der Waals surface area contributed by atoms with Gasteiger partial charge < -0.3 is 9.32 Å². The summed E-state index contributed by atoms with van der Waals surface area (Å²) in [5.41, 5.74) is 1.10. The fraction of sp³-hybridized carbons (Fsp3) is 0.194. The number of anilines is 2. The highest BCUT2D eigenvalue weighted by Crippen LogP contribution is 2.54. The van der Waals surface area contributed by atoms with E-state index in [0.29, 0.717) is 44.7 Å². The number of aromatic nitrogens is 2. The molecule has 4 heterocycles. The number of hydrogen-bond donors (Lipinski definition) is 0. The molecule has 1 atom stereocenters. The first kappa shape index (κ1) is 26.9. The molecule has 2 amide bonds. The summed E-state index contributed by atoms with van der Waals surface area (Å²) in [6.07, 6.45) is 0.685. The summed E-state index contributed by atoms with van der Waals surface area (Å²) < 4.78 is 6.74. The van der Waals surface area contributed by atoms with Gasteiger partial charge in [-0.05, 0) is 43.2 Å². The highest BCUT2D eigenvalue weighted by molar-refractivity contribution is 8.00. The first-order chi connectivity index (χ1) is 20.4. The van der Waals surface area contributed by atoms with Crippen molar-refractivity contribution in [3.8, 4) is 0 Å². The van der Waals surface area contributed by atoms with Gasteiger partial charge >= 0.3 is 0 Å². The highest BCUT2D eigenvalue weighted by atomic mass is 35.5. The lowest BCUT2D eigenvalue weighted by Gasteiger charge is -2.32. The molecule has 0 fully saturated rings. The Labute approximate surface area is 253 Å². The number of benzene rings is 3. The summed E-state index contributed by atoms with van der Waals surface area (Å²) in [7, 11) is 0. The average Bonchev–Trinajstić information content (AvgIpc) is 3.63. The Balaban J connectivity index is 1.44. The molecule has 7 rings (SSSR count). The lowest BCUT2D eigenvalue weighted by Crippen LogP contribution is -2.53. The lowest BCUT2D eigenvalue weighted by molar-refractivity contribution is -0.121. The minimum atomic E-state index is -1.78. The number of rotatable bonds is 6. The predicted molar refractivity (Wildman–Crippen MR) is 165 cm³/mol. The van der Waals surface area contributed by atoms with Crippen molar-refractivity contribution < 1.29 is 14.0 Å². The van der Waals surface area contributed by atoms with Crippen LogP contribution in [-0.2, 0) is 16.1 Å². The molecular weight excluding hydrogens is 592 g/mol. The van der Waals surface area contributed by atoms with Gasteiger partial charge in [-0.25, -0.2) is 0 Å². The quantitative estimate of drug-likeness (QED) is 0.158. The van der Waals surface area contributed by atoms with Crippen molar-refractivity contribution in [2.45, 2.75) is 35.9 Å². The molecule has 210 valence electrons. The maximum Gasteiger partial charge on any atom is 0.297 e. The second kappa shape index (κ2) is 10.1. The molecule has 2 aromatic heterocycles. The summed E-state index contributed by atoms with van der Waals surface area (Å²) in [5.74, 6) is -0.606. The number of para-hydroxylation sites is 1. The predicted octanol–water partition coefficient (Wildman–Crippen LogP) is 6.56. The molecule has 0 N–H and O–H groups in total. The van der Waals surface area contributed by atoms with Crippen LogP contribution in [0.5, 0.6) is 0 Å². The topological polar surface area (TPSA) is 96.6 Å². The summed E-state index contributed by atoms with van der Waals surface area (Å²) >= 11 is 8.95. The van der Waals surface area contributed by atoms with Crippen LogP contribution in [0.15, 0.2) is 80.3 Å². The fourth-order valence-electron chi connectivity index (χ4n) is 5.83. The van der Waals surface area contributed by atoms with E-state index in [-0.39, 0.29) is 22.0 Å². The summed E-state index contributed by atoms with van der Waals surface area (Å²) in [4.78, 5) is 46.3. The minimum absolute atomic E-state index is 0.0159. The average molecular weight is 615 g/mol. The normalized spacial score (nSPS) is 17.5. The van der Waals surface area contributed by atoms with Crippen LogP contribution in [0.25, 0.3) is 11.0 Å². The van der Waals surface area contributed by atoms with Gasteiger partial charge in [0.25, 0.3) is 11.8 Å². The molecule has 1 spiro atoms. The zero-order valence-electron chi connectivity index (χ0n) is 22.6. The molecule has 42 heavy (non-hydrogen) atoms. The van der Waals surface area contributed by atoms with Crippen LogP contribution in [0, 0.1) is 6.92 Å². The molecule has 0 saturated carbocycles. The van der Waals surface area contributed by atoms with Gasteiger partial charge in [-0.15, -0.1) is 10.2 Å². The van der Waals surface area contributed by atoms with Crippen LogP contribution in [-0.4, -0.2) is 28.6 Å². The lowest BCUT2D eigenvalue weighted by atomic mass is 9.84. The van der Waals surface area contributed by atoms with E-state index < -0.39 is 22.8 Å². The third-order valence-corrected chi connectivity index (χ3v) is 10.1. The first-order valence-electron chi connectivity index (χ1n) is 13.4. The standard InChI is InChI=1S/C31H23ClN4O4S2/c1-3-14-35-22-11-7-5-9-20(22)31(28(35)39)24-25(37)19-15-17(2)12-13-23(19)40-26(24)27(38)36(31)29-33-34-30(42-29)41-16-18-8-4-6-10-21(18)32/h4-13,15H,3,14,16H2,1-2H3. The zero-order valence-corrected chi connectivity index (χ0v) is 25.0. The molecule has 2 aliphatic heterocycles. The van der Waals surface area contributed by atoms with Crippen LogP contribution >= 0.6 is 34.7 Å². The van der Waals surface area contributed by atoms with Gasteiger partial charge in [0.15, 0.2) is 15.3 Å². The molecule has 2 aliphatic rings. The summed E-state index contributed by atoms with van der Waals surface area (Å²) in [5, 5.41) is 9.89. The number of amides is 2. The van der Waals surface area contributed by atoms with E-state index in [1.807, 2.05) is 62.4 Å². The van der Waals surface area contributed by atoms with E-state index in [4.69, 9.17) is 16.0 Å². The third kappa shape index (κ3) is 3.78. The maximum atomic E-state index is 14.7. The van der Waals surface area contributed by atoms with E-state index in [1.54, 1.807) is 23.1 Å². The number of nitrogens with zero attached hydrogens (tertiary/aromatic N) is 4. The molecule has 5 aromatic rings. The van der Waals surface area contributed by atoms with Crippen molar-refractivity contribution in [1.29, 1.82) is 0 Å². The molecule has 11 heteroatoms. The van der Waals surface area contributed by atoms with E-state index in [0.717, 1.165) is 11.1 Å². The van der Waals surface area contributed by atoms with Crippen LogP contribution in [0.4, 0.5) is 10.8 Å². The van der Waals surface area contributed by atoms with Crippen LogP contribution in [0.3, 0.4) is 0 Å². The number of thioether (sulfide) groups is 1. The van der Waals surface area contributed by atoms with Gasteiger partial charge in [-0.3, -0.25) is 19.3 Å². The third-order valence-electron chi connectivity index (χ3n) is 7.62. The van der Waals surface area contributed by atoms with Crippen molar-refractivity contribution in [2.75, 3.05) is 16.3 Å². The van der Waals surface area contributed by atoms with E-state index in [2.05, 4.69) is 10.2 Å². The smallest absolute Gasteiger partial charge is 0.297 e. The Morgan fingerprint density at radius 2 is 1.81 bits per heavy atom. The van der Waals surface area contributed by atoms with Gasteiger partial charge in [-0.2, -0.15) is 0 Å². The van der Waals surface area contributed by atoms with Gasteiger partial charge in [0.1, 0.15) is 5.58 Å². The van der Waals surface area contributed by atoms with Crippen molar-refractivity contribution >= 4 is 68.3 Å². The molecular formula is C31H23ClN4O4S2. The van der Waals surface area contributed by atoms with Gasteiger partial charge in [-0.1, -0.05) is 89.7 Å². The number of fused-ring (bicyclic) bond motifs is 5. The molecule has 0 bridgehead atoms. The summed E-state index contributed by atoms with van der Waals surface area (Å²) in [6.45, 7) is 4.27. The largest absolute Gasteiger partial charge is 0.450 e. The summed E-state index contributed by atoms with van der Waals surface area (Å²) in [6, 6.07) is 20.1. The van der Waals surface area contributed by atoms with E-state index in [9.17, 15) is 14.4 Å². The highest BCUT2D eigenvalue weighted by Gasteiger charge is 2.66. The van der Waals surface area contributed by atoms with E-state index >= 15 is 0 Å². The SMILES string of the molecule is CCCN1C(=O)C2(c3ccccc31)c1c(oc3ccc(C)cc3c1=O)C(=O)N2c1nnc(SCc2ccccc2Cl)s1. The Bertz CT molecular complexity index is 1990. The number of hydrogen-bond acceptors (Lipinski definition) is 8. The number of halogens is 1. The molecule has 0 saturated heterocycles. The first-order valence-corrected chi connectivity index (χ1v) is 15.6. The van der Waals surface area contributed by atoms with Gasteiger partial charge in [0, 0.05) is 22.9 Å². The molecule has 1 unspecified atom stereocenters. The number of carbonyl (C=O) groups is 2. The monoisotopic (exact) mass is 614 g/mol. The van der Waals surface area contributed by atoms with Crippen LogP contribution in [0.1, 0.15) is 46.2 Å². The Hall–Kier alpha value is -3.99. The molecule has 0 radical (unpaired) electrons. The van der Waals surface area contributed by atoms with Crippen molar-refractivity contribution in [3.63, 3.8) is 0 Å². The van der Waals surface area contributed by atoms with Crippen LogP contribution in [0.2, 0.25) is 5.02 Å². The van der Waals surface area contributed by atoms with E-state index in [1.165, 1.54) is 28.0 Å². The second-order valence-electron chi connectivity index (χ2n) is 10.2. The molecule has 0 aliphatic carbocycles. The second-order valence-corrected chi connectivity index (χ2v) is 12.8. The minimum Gasteiger partial charge on any atom is -0.450 e. The van der Waals surface area contributed by atoms with Gasteiger partial charge in [0.2, 0.25) is 10.9 Å². The zero-order chi connectivity index (χ0) is 29.2. The fourth-order valence-corrected chi connectivity index (χ4v) is 8.01. The van der Waals surface area contributed by atoms with Crippen molar-refractivity contribution in [1.82, 2.24) is 10.2 Å². The maximum absolute atomic E-state index is 14.7. The molecule has 3 aromatic carbocycles. The Morgan fingerprint density at radius 1 is 1.02 bits per heavy atom. The molecule has 8 nitrogen and oxygen atoms in total. The Kier molecular flexibility index (Phi) is 6.45. The van der Waals surface area contributed by atoms with Crippen LogP contribution < -0.4 is 15.2 Å².